The van der Waals surface area contributed by atoms with E-state index in [0.29, 0.717) is 11.8 Å². The molecular formula is C12H23N3. The van der Waals surface area contributed by atoms with E-state index in [0.717, 1.165) is 13.0 Å². The average Bonchev–Trinajstić information content (AvgIpc) is 2.64. The number of nitrogens with zero attached hydrogens (tertiary/aromatic N) is 2. The number of imidazole rings is 1. The predicted molar refractivity (Wildman–Crippen MR) is 63.7 cm³/mol. The van der Waals surface area contributed by atoms with E-state index in [9.17, 15) is 0 Å². The van der Waals surface area contributed by atoms with Crippen molar-refractivity contribution in [1.82, 2.24) is 9.55 Å². The predicted octanol–water partition coefficient (Wildman–Crippen LogP) is 2.38. The van der Waals surface area contributed by atoms with Gasteiger partial charge in [0, 0.05) is 24.5 Å². The molecule has 3 nitrogen and oxygen atoms in total. The summed E-state index contributed by atoms with van der Waals surface area (Å²) in [6.45, 7) is 9.62. The maximum atomic E-state index is 6.07. The van der Waals surface area contributed by atoms with Gasteiger partial charge in [0.05, 0.1) is 6.33 Å². The van der Waals surface area contributed by atoms with Crippen LogP contribution in [0.25, 0.3) is 0 Å². The molecule has 0 aliphatic heterocycles. The van der Waals surface area contributed by atoms with Gasteiger partial charge >= 0.3 is 0 Å². The summed E-state index contributed by atoms with van der Waals surface area (Å²) in [6.07, 6.45) is 4.99. The monoisotopic (exact) mass is 209 g/mol. The molecule has 1 heterocycles. The van der Waals surface area contributed by atoms with E-state index in [1.807, 2.05) is 12.5 Å². The molecule has 2 unspecified atom stereocenters. The molecule has 0 aliphatic rings. The number of hydrogen-bond donors (Lipinski definition) is 1. The largest absolute Gasteiger partial charge is 0.333 e. The van der Waals surface area contributed by atoms with E-state index >= 15 is 0 Å². The minimum atomic E-state index is 0.210. The van der Waals surface area contributed by atoms with Gasteiger partial charge in [-0.05, 0) is 18.3 Å². The van der Waals surface area contributed by atoms with E-state index in [4.69, 9.17) is 5.73 Å². The fourth-order valence-electron chi connectivity index (χ4n) is 1.54. The normalized spacial score (nSPS) is 15.6. The van der Waals surface area contributed by atoms with Gasteiger partial charge in [0.15, 0.2) is 0 Å². The molecule has 0 aromatic carbocycles. The fourth-order valence-corrected chi connectivity index (χ4v) is 1.54. The van der Waals surface area contributed by atoms with Crippen LogP contribution in [0.2, 0.25) is 0 Å². The number of aromatic nitrogens is 2. The van der Waals surface area contributed by atoms with Gasteiger partial charge in [0.2, 0.25) is 0 Å². The molecule has 1 rings (SSSR count). The molecule has 0 radical (unpaired) electrons. The molecule has 0 saturated heterocycles. The van der Waals surface area contributed by atoms with Gasteiger partial charge in [-0.3, -0.25) is 0 Å². The lowest BCUT2D eigenvalue weighted by atomic mass is 10.0. The molecule has 15 heavy (non-hydrogen) atoms. The van der Waals surface area contributed by atoms with Crippen molar-refractivity contribution in [3.8, 4) is 0 Å². The van der Waals surface area contributed by atoms with Crippen molar-refractivity contribution in [2.24, 2.45) is 11.7 Å². The third-order valence-electron chi connectivity index (χ3n) is 3.13. The molecule has 1 aromatic heterocycles. The zero-order valence-electron chi connectivity index (χ0n) is 10.3. The summed E-state index contributed by atoms with van der Waals surface area (Å²) in [5.41, 5.74) is 7.37. The second kappa shape index (κ2) is 5.31. The molecule has 0 fully saturated rings. The first-order valence-electron chi connectivity index (χ1n) is 5.81. The van der Waals surface area contributed by atoms with Gasteiger partial charge in [-0.2, -0.15) is 0 Å². The van der Waals surface area contributed by atoms with Crippen molar-refractivity contribution in [2.75, 3.05) is 0 Å². The standard InChI is InChI=1S/C12H23N3/c1-5-10(4)12-6-14-8-15(12)7-11(13)9(2)3/h6,8-11H,5,7,13H2,1-4H3. The van der Waals surface area contributed by atoms with Crippen molar-refractivity contribution in [1.29, 1.82) is 0 Å². The van der Waals surface area contributed by atoms with Gasteiger partial charge in [-0.15, -0.1) is 0 Å². The van der Waals surface area contributed by atoms with Crippen molar-refractivity contribution in [2.45, 2.75) is 52.6 Å². The van der Waals surface area contributed by atoms with E-state index in [2.05, 4.69) is 37.2 Å². The summed E-state index contributed by atoms with van der Waals surface area (Å²) in [7, 11) is 0. The third-order valence-corrected chi connectivity index (χ3v) is 3.13. The number of rotatable bonds is 5. The van der Waals surface area contributed by atoms with Crippen LogP contribution in [0.1, 0.15) is 45.7 Å². The zero-order chi connectivity index (χ0) is 11.4. The Bertz CT molecular complexity index is 291. The summed E-state index contributed by atoms with van der Waals surface area (Å²) in [5, 5.41) is 0. The lowest BCUT2D eigenvalue weighted by Gasteiger charge is -2.19. The Kier molecular flexibility index (Phi) is 4.33. The molecular weight excluding hydrogens is 186 g/mol. The third kappa shape index (κ3) is 3.06. The molecule has 1 aromatic rings. The van der Waals surface area contributed by atoms with E-state index < -0.39 is 0 Å². The van der Waals surface area contributed by atoms with Gasteiger partial charge in [-0.25, -0.2) is 4.98 Å². The fraction of sp³-hybridized carbons (Fsp3) is 0.750. The minimum absolute atomic E-state index is 0.210. The summed E-state index contributed by atoms with van der Waals surface area (Å²) in [6, 6.07) is 0.210. The molecule has 86 valence electrons. The zero-order valence-corrected chi connectivity index (χ0v) is 10.3. The van der Waals surface area contributed by atoms with Crippen molar-refractivity contribution >= 4 is 0 Å². The molecule has 0 aliphatic carbocycles. The molecule has 2 atom stereocenters. The highest BCUT2D eigenvalue weighted by Gasteiger charge is 2.13. The van der Waals surface area contributed by atoms with Crippen LogP contribution in [0, 0.1) is 5.92 Å². The highest BCUT2D eigenvalue weighted by Crippen LogP contribution is 2.18. The Morgan fingerprint density at radius 1 is 1.40 bits per heavy atom. The van der Waals surface area contributed by atoms with Crippen LogP contribution in [0.5, 0.6) is 0 Å². The first kappa shape index (κ1) is 12.2. The van der Waals surface area contributed by atoms with Crippen LogP contribution in [-0.4, -0.2) is 15.6 Å². The van der Waals surface area contributed by atoms with Crippen molar-refractivity contribution in [3.05, 3.63) is 18.2 Å². The molecule has 0 saturated carbocycles. The topological polar surface area (TPSA) is 43.8 Å². The Balaban J connectivity index is 2.73. The van der Waals surface area contributed by atoms with Crippen LogP contribution < -0.4 is 5.73 Å². The molecule has 3 heteroatoms. The summed E-state index contributed by atoms with van der Waals surface area (Å²) >= 11 is 0. The van der Waals surface area contributed by atoms with E-state index in [1.165, 1.54) is 5.69 Å². The Labute approximate surface area is 92.7 Å². The SMILES string of the molecule is CCC(C)c1cncn1CC(N)C(C)C. The molecule has 0 amide bonds. The lowest BCUT2D eigenvalue weighted by molar-refractivity contribution is 0.422. The molecule has 0 spiro atoms. The van der Waals surface area contributed by atoms with Crippen LogP contribution in [0.4, 0.5) is 0 Å². The first-order chi connectivity index (χ1) is 7.06. The Morgan fingerprint density at radius 3 is 2.60 bits per heavy atom. The molecule has 0 bridgehead atoms. The average molecular weight is 209 g/mol. The van der Waals surface area contributed by atoms with Gasteiger partial charge in [0.1, 0.15) is 0 Å². The maximum absolute atomic E-state index is 6.07. The van der Waals surface area contributed by atoms with E-state index in [-0.39, 0.29) is 6.04 Å². The summed E-state index contributed by atoms with van der Waals surface area (Å²) in [5.74, 6) is 1.07. The molecule has 2 N–H and O–H groups in total. The van der Waals surface area contributed by atoms with Crippen LogP contribution in [-0.2, 0) is 6.54 Å². The van der Waals surface area contributed by atoms with E-state index in [1.54, 1.807) is 0 Å². The summed E-state index contributed by atoms with van der Waals surface area (Å²) in [4.78, 5) is 4.21. The highest BCUT2D eigenvalue weighted by atomic mass is 15.1. The minimum Gasteiger partial charge on any atom is -0.333 e. The van der Waals surface area contributed by atoms with Gasteiger partial charge in [0.25, 0.3) is 0 Å². The maximum Gasteiger partial charge on any atom is 0.0948 e. The number of hydrogen-bond acceptors (Lipinski definition) is 2. The second-order valence-electron chi connectivity index (χ2n) is 4.69. The van der Waals surface area contributed by atoms with Gasteiger partial charge < -0.3 is 10.3 Å². The highest BCUT2D eigenvalue weighted by molar-refractivity contribution is 5.05. The van der Waals surface area contributed by atoms with Crippen LogP contribution >= 0.6 is 0 Å². The number of nitrogens with two attached hydrogens (primary N) is 1. The van der Waals surface area contributed by atoms with Crippen LogP contribution in [0.15, 0.2) is 12.5 Å². The quantitative estimate of drug-likeness (QED) is 0.809. The smallest absolute Gasteiger partial charge is 0.0948 e. The second-order valence-corrected chi connectivity index (χ2v) is 4.69. The van der Waals surface area contributed by atoms with Crippen molar-refractivity contribution in [3.63, 3.8) is 0 Å². The van der Waals surface area contributed by atoms with Crippen molar-refractivity contribution < 1.29 is 0 Å². The lowest BCUT2D eigenvalue weighted by Crippen LogP contribution is -2.32. The summed E-state index contributed by atoms with van der Waals surface area (Å²) < 4.78 is 2.19. The Hall–Kier alpha value is -0.830. The van der Waals surface area contributed by atoms with Crippen LogP contribution in [0.3, 0.4) is 0 Å². The Morgan fingerprint density at radius 2 is 2.07 bits per heavy atom. The first-order valence-corrected chi connectivity index (χ1v) is 5.81. The van der Waals surface area contributed by atoms with Gasteiger partial charge in [-0.1, -0.05) is 27.7 Å².